The Labute approximate surface area is 156 Å². The predicted octanol–water partition coefficient (Wildman–Crippen LogP) is 3.07. The molecule has 7 heteroatoms. The topological polar surface area (TPSA) is 54.5 Å². The standard InChI is InChI=1S/C18H23N3O2S2/c1-13-19-15(12-25-13)10-21-6-4-18(5-7-21)9-14(11-23-18)20-17(22)16-3-2-8-24-16/h2-3,8,12,14H,4-7,9-11H2,1H3,(H,20,22)/t14-/m1/s1. The molecule has 4 rings (SSSR count). The second kappa shape index (κ2) is 7.15. The van der Waals surface area contributed by atoms with Crippen molar-refractivity contribution < 1.29 is 9.53 Å². The van der Waals surface area contributed by atoms with Crippen LogP contribution in [0.15, 0.2) is 22.9 Å². The molecule has 2 fully saturated rings. The molecule has 0 saturated carbocycles. The molecule has 2 aromatic heterocycles. The maximum Gasteiger partial charge on any atom is 0.261 e. The van der Waals surface area contributed by atoms with Gasteiger partial charge < -0.3 is 10.1 Å². The number of likely N-dealkylation sites (tertiary alicyclic amines) is 1. The van der Waals surface area contributed by atoms with Crippen molar-refractivity contribution >= 4 is 28.6 Å². The van der Waals surface area contributed by atoms with E-state index < -0.39 is 0 Å². The maximum absolute atomic E-state index is 12.2. The number of nitrogens with zero attached hydrogens (tertiary/aromatic N) is 2. The van der Waals surface area contributed by atoms with Crippen LogP contribution in [0.25, 0.3) is 0 Å². The molecule has 0 aromatic carbocycles. The molecular formula is C18H23N3O2S2. The molecule has 0 aliphatic carbocycles. The number of carbonyl (C=O) groups excluding carboxylic acids is 1. The van der Waals surface area contributed by atoms with Gasteiger partial charge in [0.25, 0.3) is 5.91 Å². The van der Waals surface area contributed by atoms with Gasteiger partial charge in [-0.2, -0.15) is 0 Å². The van der Waals surface area contributed by atoms with Crippen molar-refractivity contribution in [2.24, 2.45) is 0 Å². The van der Waals surface area contributed by atoms with Crippen LogP contribution >= 0.6 is 22.7 Å². The molecule has 2 aliphatic heterocycles. The van der Waals surface area contributed by atoms with Crippen LogP contribution in [0.1, 0.15) is 39.6 Å². The second-order valence-electron chi connectivity index (χ2n) is 6.98. The maximum atomic E-state index is 12.2. The smallest absolute Gasteiger partial charge is 0.261 e. The zero-order valence-electron chi connectivity index (χ0n) is 14.4. The first kappa shape index (κ1) is 17.1. The van der Waals surface area contributed by atoms with Crippen LogP contribution in [0.4, 0.5) is 0 Å². The number of hydrogen-bond acceptors (Lipinski definition) is 6. The summed E-state index contributed by atoms with van der Waals surface area (Å²) in [4.78, 5) is 20.0. The fourth-order valence-corrected chi connectivity index (χ4v) is 5.01. The Bertz CT molecular complexity index is 721. The normalized spacial score (nSPS) is 23.2. The minimum Gasteiger partial charge on any atom is -0.373 e. The number of thiophene rings is 1. The van der Waals surface area contributed by atoms with Gasteiger partial charge in [-0.3, -0.25) is 9.69 Å². The molecule has 134 valence electrons. The summed E-state index contributed by atoms with van der Waals surface area (Å²) in [6, 6.07) is 3.90. The molecule has 1 atom stereocenters. The van der Waals surface area contributed by atoms with Crippen LogP contribution in [0.2, 0.25) is 0 Å². The third-order valence-electron chi connectivity index (χ3n) is 5.11. The summed E-state index contributed by atoms with van der Waals surface area (Å²) < 4.78 is 6.16. The Morgan fingerprint density at radius 3 is 2.96 bits per heavy atom. The third-order valence-corrected chi connectivity index (χ3v) is 6.80. The molecule has 0 radical (unpaired) electrons. The van der Waals surface area contributed by atoms with Crippen LogP contribution in [0.5, 0.6) is 0 Å². The van der Waals surface area contributed by atoms with Gasteiger partial charge in [0.2, 0.25) is 0 Å². The molecule has 0 bridgehead atoms. The number of amides is 1. The van der Waals surface area contributed by atoms with Crippen LogP contribution in [0.3, 0.4) is 0 Å². The molecule has 5 nitrogen and oxygen atoms in total. The summed E-state index contributed by atoms with van der Waals surface area (Å²) in [6.07, 6.45) is 2.98. The van der Waals surface area contributed by atoms with Crippen LogP contribution < -0.4 is 5.32 Å². The van der Waals surface area contributed by atoms with E-state index >= 15 is 0 Å². The molecule has 0 unspecified atom stereocenters. The van der Waals surface area contributed by atoms with E-state index in [-0.39, 0.29) is 17.6 Å². The van der Waals surface area contributed by atoms with E-state index in [1.807, 2.05) is 17.5 Å². The van der Waals surface area contributed by atoms with E-state index in [9.17, 15) is 4.79 Å². The monoisotopic (exact) mass is 377 g/mol. The molecule has 1 amide bonds. The fourth-order valence-electron chi connectivity index (χ4n) is 3.78. The summed E-state index contributed by atoms with van der Waals surface area (Å²) in [5, 5.41) is 8.35. The molecule has 2 aromatic rings. The number of hydrogen-bond donors (Lipinski definition) is 1. The average molecular weight is 378 g/mol. The van der Waals surface area contributed by atoms with E-state index in [1.54, 1.807) is 11.3 Å². The molecule has 25 heavy (non-hydrogen) atoms. The van der Waals surface area contributed by atoms with Crippen molar-refractivity contribution in [3.05, 3.63) is 38.5 Å². The molecule has 1 N–H and O–H groups in total. The Morgan fingerprint density at radius 2 is 2.28 bits per heavy atom. The van der Waals surface area contributed by atoms with Gasteiger partial charge in [-0.05, 0) is 37.6 Å². The first-order valence-corrected chi connectivity index (χ1v) is 10.5. The lowest BCUT2D eigenvalue weighted by atomic mass is 9.87. The number of ether oxygens (including phenoxy) is 1. The molecule has 2 saturated heterocycles. The Hall–Kier alpha value is -1.28. The first-order valence-electron chi connectivity index (χ1n) is 8.74. The van der Waals surface area contributed by atoms with Gasteiger partial charge in [0.05, 0.1) is 33.8 Å². The summed E-state index contributed by atoms with van der Waals surface area (Å²) in [6.45, 7) is 5.67. The van der Waals surface area contributed by atoms with Gasteiger partial charge in [-0.1, -0.05) is 6.07 Å². The molecule has 1 spiro atoms. The number of aromatic nitrogens is 1. The third kappa shape index (κ3) is 3.95. The number of thiazole rings is 1. The Balaban J connectivity index is 1.28. The quantitative estimate of drug-likeness (QED) is 0.890. The first-order chi connectivity index (χ1) is 12.1. The lowest BCUT2D eigenvalue weighted by Gasteiger charge is -2.38. The predicted molar refractivity (Wildman–Crippen MR) is 100 cm³/mol. The van der Waals surface area contributed by atoms with Crippen molar-refractivity contribution in [3.63, 3.8) is 0 Å². The van der Waals surface area contributed by atoms with Crippen molar-refractivity contribution in [1.29, 1.82) is 0 Å². The lowest BCUT2D eigenvalue weighted by Crippen LogP contribution is -2.44. The SMILES string of the molecule is Cc1nc(CN2CCC3(CC2)C[C@@H](NC(=O)c2cccs2)CO3)cs1. The minimum absolute atomic E-state index is 0.0250. The fraction of sp³-hybridized carbons (Fsp3) is 0.556. The van der Waals surface area contributed by atoms with Crippen LogP contribution in [-0.4, -0.2) is 47.1 Å². The number of carbonyl (C=O) groups is 1. The van der Waals surface area contributed by atoms with Gasteiger partial charge in [-0.25, -0.2) is 4.98 Å². The second-order valence-corrected chi connectivity index (χ2v) is 8.99. The van der Waals surface area contributed by atoms with E-state index in [0.717, 1.165) is 48.8 Å². The number of nitrogens with one attached hydrogen (secondary N) is 1. The summed E-state index contributed by atoms with van der Waals surface area (Å²) in [5.41, 5.74) is 1.12. The molecule has 4 heterocycles. The highest BCUT2D eigenvalue weighted by Gasteiger charge is 2.43. The zero-order chi connectivity index (χ0) is 17.3. The van der Waals surface area contributed by atoms with Crippen molar-refractivity contribution in [2.45, 2.75) is 44.4 Å². The van der Waals surface area contributed by atoms with E-state index in [0.29, 0.717) is 6.61 Å². The highest BCUT2D eigenvalue weighted by atomic mass is 32.1. The average Bonchev–Trinajstić information content (AvgIpc) is 3.33. The minimum atomic E-state index is -0.0537. The highest BCUT2D eigenvalue weighted by molar-refractivity contribution is 7.12. The summed E-state index contributed by atoms with van der Waals surface area (Å²) in [7, 11) is 0. The van der Waals surface area contributed by atoms with Gasteiger partial charge in [0.1, 0.15) is 0 Å². The summed E-state index contributed by atoms with van der Waals surface area (Å²) in [5.74, 6) is 0.0250. The zero-order valence-corrected chi connectivity index (χ0v) is 16.0. The summed E-state index contributed by atoms with van der Waals surface area (Å²) >= 11 is 3.19. The van der Waals surface area contributed by atoms with Gasteiger partial charge in [-0.15, -0.1) is 22.7 Å². The van der Waals surface area contributed by atoms with Crippen LogP contribution in [-0.2, 0) is 11.3 Å². The van der Waals surface area contributed by atoms with Gasteiger partial charge >= 0.3 is 0 Å². The largest absolute Gasteiger partial charge is 0.373 e. The molecular weight excluding hydrogens is 354 g/mol. The Kier molecular flexibility index (Phi) is 4.90. The number of piperidine rings is 1. The van der Waals surface area contributed by atoms with Crippen molar-refractivity contribution in [3.8, 4) is 0 Å². The highest BCUT2D eigenvalue weighted by Crippen LogP contribution is 2.36. The lowest BCUT2D eigenvalue weighted by molar-refractivity contribution is -0.0450. The molecule has 2 aliphatic rings. The van der Waals surface area contributed by atoms with E-state index in [1.165, 1.54) is 17.0 Å². The van der Waals surface area contributed by atoms with Crippen LogP contribution in [0, 0.1) is 6.92 Å². The number of aryl methyl sites for hydroxylation is 1. The Morgan fingerprint density at radius 1 is 1.44 bits per heavy atom. The number of rotatable bonds is 4. The van der Waals surface area contributed by atoms with E-state index in [4.69, 9.17) is 4.74 Å². The van der Waals surface area contributed by atoms with E-state index in [2.05, 4.69) is 27.5 Å². The van der Waals surface area contributed by atoms with Crippen molar-refractivity contribution in [2.75, 3.05) is 19.7 Å². The van der Waals surface area contributed by atoms with Gasteiger partial charge in [0.15, 0.2) is 0 Å². The van der Waals surface area contributed by atoms with Crippen molar-refractivity contribution in [1.82, 2.24) is 15.2 Å². The van der Waals surface area contributed by atoms with Gasteiger partial charge in [0, 0.05) is 25.0 Å².